The number of hydrogen-bond acceptors (Lipinski definition) is 3. The fraction of sp³-hybridized carbons (Fsp3) is 0.467. The van der Waals surface area contributed by atoms with Crippen LogP contribution in [-0.4, -0.2) is 18.0 Å². The lowest BCUT2D eigenvalue weighted by molar-refractivity contribution is -0.140. The molecular weight excluding hydrogens is 318 g/mol. The molecule has 0 bridgehead atoms. The Kier molecular flexibility index (Phi) is 5.74. The summed E-state index contributed by atoms with van der Waals surface area (Å²) in [5, 5.41) is 2.31. The Morgan fingerprint density at radius 2 is 1.91 bits per heavy atom. The van der Waals surface area contributed by atoms with Gasteiger partial charge in [-0.25, -0.2) is 9.18 Å². The minimum atomic E-state index is -4.88. The van der Waals surface area contributed by atoms with Crippen LogP contribution in [0.25, 0.3) is 0 Å². The van der Waals surface area contributed by atoms with Crippen LogP contribution in [0, 0.1) is 5.82 Å². The molecule has 0 aliphatic heterocycles. The van der Waals surface area contributed by atoms with E-state index in [-0.39, 0.29) is 12.0 Å². The Hall–Kier alpha value is -2.12. The van der Waals surface area contributed by atoms with E-state index in [1.165, 1.54) is 0 Å². The molecule has 23 heavy (non-hydrogen) atoms. The summed E-state index contributed by atoms with van der Waals surface area (Å²) in [5.41, 5.74) is -2.32. The molecule has 8 heteroatoms. The van der Waals surface area contributed by atoms with Gasteiger partial charge in [-0.2, -0.15) is 13.2 Å². The molecule has 0 aliphatic carbocycles. The Morgan fingerprint density at radius 1 is 1.30 bits per heavy atom. The molecule has 0 aliphatic rings. The highest BCUT2D eigenvalue weighted by molar-refractivity contribution is 5.69. The van der Waals surface area contributed by atoms with Crippen molar-refractivity contribution in [2.45, 2.75) is 45.0 Å². The third kappa shape index (κ3) is 5.88. The zero-order valence-electron chi connectivity index (χ0n) is 12.8. The number of alkyl halides is 3. The number of carbonyl (C=O) groups is 2. The molecule has 0 spiro atoms. The van der Waals surface area contributed by atoms with Crippen LogP contribution in [0.5, 0.6) is 0 Å². The molecule has 0 radical (unpaired) electrons. The second kappa shape index (κ2) is 6.97. The highest BCUT2D eigenvalue weighted by Gasteiger charge is 2.35. The van der Waals surface area contributed by atoms with Gasteiger partial charge in [-0.1, -0.05) is 6.07 Å². The fourth-order valence-electron chi connectivity index (χ4n) is 1.80. The number of hydrogen-bond donors (Lipinski definition) is 1. The molecule has 1 amide bonds. The van der Waals surface area contributed by atoms with Crippen molar-refractivity contribution in [2.24, 2.45) is 0 Å². The van der Waals surface area contributed by atoms with Crippen molar-refractivity contribution in [3.63, 3.8) is 0 Å². The Labute approximate surface area is 130 Å². The standard InChI is InChI=1S/C15H17F4NO3/c1-14(2,3)23-13(22)20-12(6-7-21)9-4-5-11(16)10(8-9)15(17,18)19/h4-5,7-8,12H,6H2,1-3H3,(H,20,22)/t12-/m0/s1. The fourth-order valence-corrected chi connectivity index (χ4v) is 1.80. The Balaban J connectivity index is 3.06. The van der Waals surface area contributed by atoms with Crippen LogP contribution in [0.1, 0.15) is 44.4 Å². The van der Waals surface area contributed by atoms with E-state index in [9.17, 15) is 27.2 Å². The van der Waals surface area contributed by atoms with Crippen LogP contribution in [0.4, 0.5) is 22.4 Å². The minimum absolute atomic E-state index is 0.0447. The van der Waals surface area contributed by atoms with Gasteiger partial charge in [-0.05, 0) is 38.5 Å². The monoisotopic (exact) mass is 335 g/mol. The van der Waals surface area contributed by atoms with Crippen LogP contribution in [-0.2, 0) is 15.7 Å². The second-order valence-electron chi connectivity index (χ2n) is 5.84. The zero-order chi connectivity index (χ0) is 17.8. The van der Waals surface area contributed by atoms with Gasteiger partial charge in [0.2, 0.25) is 0 Å². The summed E-state index contributed by atoms with van der Waals surface area (Å²) in [6.45, 7) is 4.84. The second-order valence-corrected chi connectivity index (χ2v) is 5.84. The van der Waals surface area contributed by atoms with Crippen molar-refractivity contribution in [2.75, 3.05) is 0 Å². The van der Waals surface area contributed by atoms with E-state index >= 15 is 0 Å². The van der Waals surface area contributed by atoms with Crippen molar-refractivity contribution in [1.82, 2.24) is 5.32 Å². The lowest BCUT2D eigenvalue weighted by Crippen LogP contribution is -2.35. The number of aldehydes is 1. The summed E-state index contributed by atoms with van der Waals surface area (Å²) in [5.74, 6) is -1.43. The number of benzene rings is 1. The first kappa shape index (κ1) is 18.9. The maximum Gasteiger partial charge on any atom is 0.419 e. The largest absolute Gasteiger partial charge is 0.444 e. The van der Waals surface area contributed by atoms with Crippen LogP contribution < -0.4 is 5.32 Å². The third-order valence-corrected chi connectivity index (χ3v) is 2.72. The molecule has 1 N–H and O–H groups in total. The molecule has 1 rings (SSSR count). The number of rotatable bonds is 4. The van der Waals surface area contributed by atoms with Gasteiger partial charge in [-0.3, -0.25) is 0 Å². The van der Waals surface area contributed by atoms with Crippen molar-refractivity contribution in [3.05, 3.63) is 35.1 Å². The van der Waals surface area contributed by atoms with Crippen molar-refractivity contribution < 1.29 is 31.9 Å². The van der Waals surface area contributed by atoms with Gasteiger partial charge in [0, 0.05) is 6.42 Å². The molecule has 0 saturated carbocycles. The summed E-state index contributed by atoms with van der Waals surface area (Å²) in [7, 11) is 0. The van der Waals surface area contributed by atoms with Gasteiger partial charge in [0.05, 0.1) is 11.6 Å². The maximum absolute atomic E-state index is 13.3. The molecule has 0 fully saturated rings. The SMILES string of the molecule is CC(C)(C)OC(=O)N[C@@H](CC=O)c1ccc(F)c(C(F)(F)F)c1. The lowest BCUT2D eigenvalue weighted by Gasteiger charge is -2.23. The van der Waals surface area contributed by atoms with E-state index in [0.29, 0.717) is 18.4 Å². The van der Waals surface area contributed by atoms with E-state index in [1.54, 1.807) is 20.8 Å². The third-order valence-electron chi connectivity index (χ3n) is 2.72. The van der Waals surface area contributed by atoms with E-state index in [2.05, 4.69) is 5.32 Å². The average Bonchev–Trinajstić information content (AvgIpc) is 2.35. The van der Waals surface area contributed by atoms with Crippen molar-refractivity contribution in [1.29, 1.82) is 0 Å². The number of ether oxygens (including phenoxy) is 1. The van der Waals surface area contributed by atoms with Crippen LogP contribution in [0.15, 0.2) is 18.2 Å². The first-order valence-corrected chi connectivity index (χ1v) is 6.74. The van der Waals surface area contributed by atoms with E-state index in [4.69, 9.17) is 4.74 Å². The molecule has 0 saturated heterocycles. The lowest BCUT2D eigenvalue weighted by atomic mass is 10.0. The summed E-state index contributed by atoms with van der Waals surface area (Å²) in [4.78, 5) is 22.4. The van der Waals surface area contributed by atoms with E-state index < -0.39 is 35.3 Å². The van der Waals surface area contributed by atoms with Gasteiger partial charge >= 0.3 is 12.3 Å². The predicted octanol–water partition coefficient (Wildman–Crippen LogP) is 4.00. The first-order valence-electron chi connectivity index (χ1n) is 6.74. The zero-order valence-corrected chi connectivity index (χ0v) is 12.8. The number of amides is 1. The van der Waals surface area contributed by atoms with Gasteiger partial charge in [0.25, 0.3) is 0 Å². The summed E-state index contributed by atoms with van der Waals surface area (Å²) in [6, 6.07) is 1.24. The molecule has 1 aromatic rings. The highest BCUT2D eigenvalue weighted by Crippen LogP contribution is 2.33. The van der Waals surface area contributed by atoms with Crippen molar-refractivity contribution >= 4 is 12.4 Å². The first-order chi connectivity index (χ1) is 10.4. The van der Waals surface area contributed by atoms with Crippen LogP contribution in [0.2, 0.25) is 0 Å². The van der Waals surface area contributed by atoms with Gasteiger partial charge in [-0.15, -0.1) is 0 Å². The topological polar surface area (TPSA) is 55.4 Å². The van der Waals surface area contributed by atoms with E-state index in [1.807, 2.05) is 0 Å². The summed E-state index contributed by atoms with van der Waals surface area (Å²) >= 11 is 0. The van der Waals surface area contributed by atoms with E-state index in [0.717, 1.165) is 6.07 Å². The molecule has 4 nitrogen and oxygen atoms in total. The van der Waals surface area contributed by atoms with Crippen molar-refractivity contribution in [3.8, 4) is 0 Å². The molecule has 128 valence electrons. The van der Waals surface area contributed by atoms with Crippen LogP contribution in [0.3, 0.4) is 0 Å². The summed E-state index contributed by atoms with van der Waals surface area (Å²) in [6.07, 6.45) is -5.60. The molecule has 0 unspecified atom stereocenters. The highest BCUT2D eigenvalue weighted by atomic mass is 19.4. The maximum atomic E-state index is 13.3. The molecule has 1 aromatic carbocycles. The summed E-state index contributed by atoms with van der Waals surface area (Å²) < 4.78 is 56.5. The average molecular weight is 335 g/mol. The van der Waals surface area contributed by atoms with Crippen LogP contribution >= 0.6 is 0 Å². The number of alkyl carbamates (subject to hydrolysis) is 1. The molecule has 0 aromatic heterocycles. The predicted molar refractivity (Wildman–Crippen MR) is 74.2 cm³/mol. The Bertz CT molecular complexity index is 579. The quantitative estimate of drug-likeness (QED) is 0.668. The normalized spacial score (nSPS) is 13.3. The smallest absolute Gasteiger partial charge is 0.419 e. The Morgan fingerprint density at radius 3 is 2.39 bits per heavy atom. The molecule has 1 atom stereocenters. The number of nitrogens with one attached hydrogen (secondary N) is 1. The van der Waals surface area contributed by atoms with Gasteiger partial charge < -0.3 is 14.8 Å². The van der Waals surface area contributed by atoms with Gasteiger partial charge in [0.1, 0.15) is 17.7 Å². The number of carbonyl (C=O) groups excluding carboxylic acids is 2. The minimum Gasteiger partial charge on any atom is -0.444 e. The van der Waals surface area contributed by atoms with Gasteiger partial charge in [0.15, 0.2) is 0 Å². The molecule has 0 heterocycles. The molecular formula is C15H17F4NO3. The number of halogens is 4.